The second kappa shape index (κ2) is 6.01. The minimum absolute atomic E-state index is 0.705. The number of halogens is 1. The average Bonchev–Trinajstić information content (AvgIpc) is 2.87. The van der Waals surface area contributed by atoms with Gasteiger partial charge in [0, 0.05) is 24.0 Å². The predicted octanol–water partition coefficient (Wildman–Crippen LogP) is 2.63. The van der Waals surface area contributed by atoms with Crippen molar-refractivity contribution in [3.05, 3.63) is 21.3 Å². The minimum Gasteiger partial charge on any atom is -0.313 e. The van der Waals surface area contributed by atoms with Crippen molar-refractivity contribution in [2.24, 2.45) is 0 Å². The zero-order valence-electron chi connectivity index (χ0n) is 9.71. The van der Waals surface area contributed by atoms with Gasteiger partial charge in [-0.25, -0.2) is 0 Å². The van der Waals surface area contributed by atoms with E-state index in [1.165, 1.54) is 30.8 Å². The number of hydrogen-bond donors (Lipinski definition) is 1. The van der Waals surface area contributed by atoms with E-state index in [9.17, 15) is 0 Å². The van der Waals surface area contributed by atoms with Gasteiger partial charge in [-0.15, -0.1) is 11.3 Å². The Labute approximate surface area is 107 Å². The number of hydrogen-bond acceptors (Lipinski definition) is 3. The fourth-order valence-electron chi connectivity index (χ4n) is 2.17. The SMILES string of the molecule is CN(CCc1ccc(Cl)s1)CC1CCCN1. The van der Waals surface area contributed by atoms with E-state index in [0.717, 1.165) is 17.3 Å². The van der Waals surface area contributed by atoms with Gasteiger partial charge in [-0.1, -0.05) is 11.6 Å². The third-order valence-electron chi connectivity index (χ3n) is 3.06. The summed E-state index contributed by atoms with van der Waals surface area (Å²) in [6, 6.07) is 4.83. The van der Waals surface area contributed by atoms with Crippen molar-refractivity contribution in [2.45, 2.75) is 25.3 Å². The summed E-state index contributed by atoms with van der Waals surface area (Å²) < 4.78 is 0.898. The van der Waals surface area contributed by atoms with Crippen LogP contribution in [-0.2, 0) is 6.42 Å². The average molecular weight is 259 g/mol. The molecule has 90 valence electrons. The van der Waals surface area contributed by atoms with E-state index in [4.69, 9.17) is 11.6 Å². The first-order valence-corrected chi connectivity index (χ1v) is 7.09. The molecule has 0 spiro atoms. The largest absolute Gasteiger partial charge is 0.313 e. The quantitative estimate of drug-likeness (QED) is 0.874. The Hall–Kier alpha value is -0.0900. The first-order valence-electron chi connectivity index (χ1n) is 5.90. The van der Waals surface area contributed by atoms with Gasteiger partial charge in [0.15, 0.2) is 0 Å². The molecule has 1 aliphatic heterocycles. The maximum absolute atomic E-state index is 5.91. The highest BCUT2D eigenvalue weighted by Crippen LogP contribution is 2.21. The number of likely N-dealkylation sites (N-methyl/N-ethyl adjacent to an activating group) is 1. The highest BCUT2D eigenvalue weighted by atomic mass is 35.5. The molecule has 2 rings (SSSR count). The van der Waals surface area contributed by atoms with Gasteiger partial charge in [-0.3, -0.25) is 0 Å². The van der Waals surface area contributed by atoms with Crippen LogP contribution in [0.5, 0.6) is 0 Å². The molecule has 16 heavy (non-hydrogen) atoms. The molecule has 1 aromatic heterocycles. The highest BCUT2D eigenvalue weighted by Gasteiger charge is 2.15. The van der Waals surface area contributed by atoms with Crippen LogP contribution in [-0.4, -0.2) is 37.6 Å². The maximum Gasteiger partial charge on any atom is 0.0931 e. The Morgan fingerprint density at radius 1 is 1.56 bits per heavy atom. The summed E-state index contributed by atoms with van der Waals surface area (Å²) in [5.74, 6) is 0. The lowest BCUT2D eigenvalue weighted by atomic mass is 10.2. The summed E-state index contributed by atoms with van der Waals surface area (Å²) >= 11 is 7.60. The first-order chi connectivity index (χ1) is 7.74. The summed E-state index contributed by atoms with van der Waals surface area (Å²) in [5, 5.41) is 3.53. The van der Waals surface area contributed by atoms with Crippen molar-refractivity contribution in [1.29, 1.82) is 0 Å². The van der Waals surface area contributed by atoms with E-state index in [1.807, 2.05) is 6.07 Å². The van der Waals surface area contributed by atoms with Gasteiger partial charge in [-0.2, -0.15) is 0 Å². The first kappa shape index (κ1) is 12.4. The zero-order chi connectivity index (χ0) is 11.4. The summed E-state index contributed by atoms with van der Waals surface area (Å²) in [7, 11) is 2.20. The van der Waals surface area contributed by atoms with E-state index in [0.29, 0.717) is 6.04 Å². The van der Waals surface area contributed by atoms with Gasteiger partial charge in [-0.05, 0) is 45.0 Å². The Morgan fingerprint density at radius 2 is 2.44 bits per heavy atom. The second-order valence-electron chi connectivity index (χ2n) is 4.51. The van der Waals surface area contributed by atoms with Crippen LogP contribution in [0.1, 0.15) is 17.7 Å². The molecule has 1 fully saturated rings. The molecule has 0 aromatic carbocycles. The van der Waals surface area contributed by atoms with Crippen molar-refractivity contribution in [1.82, 2.24) is 10.2 Å². The van der Waals surface area contributed by atoms with Crippen molar-refractivity contribution in [3.63, 3.8) is 0 Å². The highest BCUT2D eigenvalue weighted by molar-refractivity contribution is 7.16. The molecule has 1 aromatic rings. The van der Waals surface area contributed by atoms with E-state index in [-0.39, 0.29) is 0 Å². The Kier molecular flexibility index (Phi) is 4.65. The summed E-state index contributed by atoms with van der Waals surface area (Å²) in [4.78, 5) is 3.80. The molecule has 0 aliphatic carbocycles. The fourth-order valence-corrected chi connectivity index (χ4v) is 3.24. The standard InChI is InChI=1S/C12H19ClN2S/c1-15(9-10-3-2-7-14-10)8-6-11-4-5-12(13)16-11/h4-5,10,14H,2-3,6-9H2,1H3. The smallest absolute Gasteiger partial charge is 0.0931 e. The van der Waals surface area contributed by atoms with E-state index < -0.39 is 0 Å². The topological polar surface area (TPSA) is 15.3 Å². The van der Waals surface area contributed by atoms with Crippen LogP contribution in [0.25, 0.3) is 0 Å². The molecule has 1 N–H and O–H groups in total. The molecule has 0 bridgehead atoms. The van der Waals surface area contributed by atoms with E-state index in [1.54, 1.807) is 11.3 Å². The number of nitrogens with one attached hydrogen (secondary N) is 1. The Balaban J connectivity index is 1.68. The van der Waals surface area contributed by atoms with E-state index in [2.05, 4.69) is 23.3 Å². The number of nitrogens with zero attached hydrogens (tertiary/aromatic N) is 1. The van der Waals surface area contributed by atoms with Gasteiger partial charge in [0.05, 0.1) is 4.34 Å². The molecule has 1 atom stereocenters. The van der Waals surface area contributed by atoms with Crippen LogP contribution in [0.15, 0.2) is 12.1 Å². The van der Waals surface area contributed by atoms with Gasteiger partial charge in [0.25, 0.3) is 0 Å². The fraction of sp³-hybridized carbons (Fsp3) is 0.667. The molecular formula is C12H19ClN2S. The van der Waals surface area contributed by atoms with E-state index >= 15 is 0 Å². The Morgan fingerprint density at radius 3 is 3.06 bits per heavy atom. The van der Waals surface area contributed by atoms with Gasteiger partial charge in [0.2, 0.25) is 0 Å². The molecule has 1 saturated heterocycles. The monoisotopic (exact) mass is 258 g/mol. The molecule has 4 heteroatoms. The lowest BCUT2D eigenvalue weighted by Crippen LogP contribution is -2.36. The Bertz CT molecular complexity index is 321. The predicted molar refractivity (Wildman–Crippen MR) is 71.6 cm³/mol. The maximum atomic E-state index is 5.91. The molecule has 1 aliphatic rings. The van der Waals surface area contributed by atoms with Crippen molar-refractivity contribution < 1.29 is 0 Å². The molecule has 0 amide bonds. The molecule has 0 radical (unpaired) electrons. The number of thiophene rings is 1. The summed E-state index contributed by atoms with van der Waals surface area (Å²) in [5.41, 5.74) is 0. The number of rotatable bonds is 5. The van der Waals surface area contributed by atoms with Crippen LogP contribution in [0.3, 0.4) is 0 Å². The summed E-state index contributed by atoms with van der Waals surface area (Å²) in [6.07, 6.45) is 3.77. The molecule has 2 heterocycles. The molecule has 0 saturated carbocycles. The van der Waals surface area contributed by atoms with Crippen LogP contribution in [0, 0.1) is 0 Å². The third-order valence-corrected chi connectivity index (χ3v) is 4.35. The van der Waals surface area contributed by atoms with Gasteiger partial charge >= 0.3 is 0 Å². The van der Waals surface area contributed by atoms with Crippen LogP contribution >= 0.6 is 22.9 Å². The third kappa shape index (κ3) is 3.74. The van der Waals surface area contributed by atoms with Crippen molar-refractivity contribution >= 4 is 22.9 Å². The zero-order valence-corrected chi connectivity index (χ0v) is 11.3. The molecule has 2 nitrogen and oxygen atoms in total. The molecular weight excluding hydrogens is 240 g/mol. The minimum atomic E-state index is 0.705. The lowest BCUT2D eigenvalue weighted by Gasteiger charge is -2.20. The van der Waals surface area contributed by atoms with Crippen LogP contribution < -0.4 is 5.32 Å². The lowest BCUT2D eigenvalue weighted by molar-refractivity contribution is 0.304. The van der Waals surface area contributed by atoms with Gasteiger partial charge < -0.3 is 10.2 Å². The van der Waals surface area contributed by atoms with Crippen molar-refractivity contribution in [3.8, 4) is 0 Å². The van der Waals surface area contributed by atoms with Crippen LogP contribution in [0.4, 0.5) is 0 Å². The second-order valence-corrected chi connectivity index (χ2v) is 6.31. The van der Waals surface area contributed by atoms with Crippen LogP contribution in [0.2, 0.25) is 4.34 Å². The van der Waals surface area contributed by atoms with Gasteiger partial charge in [0.1, 0.15) is 0 Å². The summed E-state index contributed by atoms with van der Waals surface area (Å²) in [6.45, 7) is 3.48. The normalized spacial score (nSPS) is 20.8. The molecule has 1 unspecified atom stereocenters. The van der Waals surface area contributed by atoms with Crippen molar-refractivity contribution in [2.75, 3.05) is 26.7 Å².